The largest absolute Gasteiger partial charge is 0.417 e. The lowest BCUT2D eigenvalue weighted by atomic mass is 9.73. The molecule has 0 spiro atoms. The normalized spacial score (nSPS) is 35.8. The van der Waals surface area contributed by atoms with Crippen LogP contribution in [0.2, 0.25) is 0 Å². The summed E-state index contributed by atoms with van der Waals surface area (Å²) in [6.07, 6.45) is -12.7. The van der Waals surface area contributed by atoms with Gasteiger partial charge in [0, 0.05) is 12.8 Å². The zero-order chi connectivity index (χ0) is 38.0. The van der Waals surface area contributed by atoms with Crippen LogP contribution < -0.4 is 9.80 Å². The second-order valence-corrected chi connectivity index (χ2v) is 14.0. The molecular weight excluding hydrogens is 706 g/mol. The van der Waals surface area contributed by atoms with Crippen molar-refractivity contribution in [3.8, 4) is 12.1 Å². The van der Waals surface area contributed by atoms with Crippen molar-refractivity contribution < 1.29 is 65.2 Å². The molecule has 6 aliphatic heterocycles. The number of halogens is 6. The highest BCUT2D eigenvalue weighted by Gasteiger charge is 2.72. The molecule has 2 aromatic rings. The Morgan fingerprint density at radius 2 is 1.02 bits per heavy atom. The Balaban J connectivity index is 0.000000162. The summed E-state index contributed by atoms with van der Waals surface area (Å²) >= 11 is 0. The smallest absolute Gasteiger partial charge is 0.390 e. The van der Waals surface area contributed by atoms with Crippen LogP contribution in [0, 0.1) is 46.3 Å². The number of fused-ring (bicyclic) bond motifs is 10. The number of hydrogen-bond donors (Lipinski definition) is 2. The van der Waals surface area contributed by atoms with E-state index in [-0.39, 0.29) is 24.2 Å². The molecule has 2 aromatic carbocycles. The third kappa shape index (κ3) is 4.96. The van der Waals surface area contributed by atoms with Crippen LogP contribution in [0.3, 0.4) is 0 Å². The Labute approximate surface area is 289 Å². The third-order valence-electron chi connectivity index (χ3n) is 10.9. The lowest BCUT2D eigenvalue weighted by Crippen LogP contribution is -2.42. The minimum absolute atomic E-state index is 0.187. The first-order chi connectivity index (χ1) is 24.2. The molecule has 272 valence electrons. The van der Waals surface area contributed by atoms with E-state index in [1.807, 2.05) is 0 Å². The molecule has 10 atom stereocenters. The molecule has 0 aromatic heterocycles. The first-order valence-corrected chi connectivity index (χ1v) is 15.9. The van der Waals surface area contributed by atoms with Gasteiger partial charge in [-0.25, -0.2) is 9.80 Å². The zero-order valence-corrected chi connectivity index (χ0v) is 26.9. The number of imide groups is 2. The maximum Gasteiger partial charge on any atom is 0.417 e. The Bertz CT molecular complexity index is 1900. The summed E-state index contributed by atoms with van der Waals surface area (Å²) in [6.45, 7) is 3.24. The van der Waals surface area contributed by atoms with Gasteiger partial charge < -0.3 is 19.7 Å². The fourth-order valence-electron chi connectivity index (χ4n) is 8.81. The summed E-state index contributed by atoms with van der Waals surface area (Å²) in [5.74, 6) is -6.18. The number of aliphatic hydroxyl groups is 2. The summed E-state index contributed by atoms with van der Waals surface area (Å²) in [5, 5.41) is 37.8. The van der Waals surface area contributed by atoms with E-state index in [9.17, 15) is 55.7 Å². The van der Waals surface area contributed by atoms with E-state index in [0.29, 0.717) is 12.1 Å². The molecule has 18 heteroatoms. The van der Waals surface area contributed by atoms with E-state index < -0.39 is 118 Å². The molecule has 52 heavy (non-hydrogen) atoms. The maximum atomic E-state index is 13.2. The van der Waals surface area contributed by atoms with Crippen LogP contribution in [0.4, 0.5) is 37.7 Å². The van der Waals surface area contributed by atoms with Crippen LogP contribution in [-0.4, -0.2) is 69.5 Å². The van der Waals surface area contributed by atoms with Crippen molar-refractivity contribution in [3.05, 3.63) is 58.7 Å². The van der Waals surface area contributed by atoms with Crippen LogP contribution >= 0.6 is 0 Å². The maximum absolute atomic E-state index is 13.2. The second-order valence-electron chi connectivity index (χ2n) is 14.0. The number of ether oxygens (including phenoxy) is 2. The van der Waals surface area contributed by atoms with E-state index in [4.69, 9.17) is 20.0 Å². The summed E-state index contributed by atoms with van der Waals surface area (Å²) in [4.78, 5) is 52.6. The standard InChI is InChI=1S/2C17H13F3N2O4/c2*1-16-5-10(23)13(26-16)11-12(16)15(25)22(14(11)24)8-3-2-7(6-21)9(4-8)17(18,19)20/h2*2-4,10-13,23H,5H2,1H3/t2*10-,11+,12+,13?,16?/m11/s1. The molecule has 0 saturated carbocycles. The van der Waals surface area contributed by atoms with Gasteiger partial charge in [0.05, 0.1) is 105 Å². The summed E-state index contributed by atoms with van der Waals surface area (Å²) < 4.78 is 90.4. The van der Waals surface area contributed by atoms with Gasteiger partial charge >= 0.3 is 12.4 Å². The monoisotopic (exact) mass is 732 g/mol. The number of benzene rings is 2. The van der Waals surface area contributed by atoms with Crippen LogP contribution in [0.25, 0.3) is 0 Å². The van der Waals surface area contributed by atoms with Gasteiger partial charge in [-0.3, -0.25) is 19.2 Å². The molecule has 6 heterocycles. The minimum atomic E-state index is -4.80. The molecule has 12 nitrogen and oxygen atoms in total. The average molecular weight is 733 g/mol. The molecule has 6 fully saturated rings. The number of carbonyl (C=O) groups excluding carboxylic acids is 4. The van der Waals surface area contributed by atoms with Crippen molar-refractivity contribution in [3.63, 3.8) is 0 Å². The number of anilines is 2. The van der Waals surface area contributed by atoms with Crippen molar-refractivity contribution in [2.24, 2.45) is 23.7 Å². The van der Waals surface area contributed by atoms with Crippen molar-refractivity contribution in [2.45, 2.75) is 74.7 Å². The topological polar surface area (TPSA) is 181 Å². The Morgan fingerprint density at radius 3 is 1.33 bits per heavy atom. The minimum Gasteiger partial charge on any atom is -0.390 e. The van der Waals surface area contributed by atoms with Gasteiger partial charge in [0.1, 0.15) is 0 Å². The van der Waals surface area contributed by atoms with Crippen LogP contribution in [0.15, 0.2) is 36.4 Å². The van der Waals surface area contributed by atoms with Gasteiger partial charge in [-0.1, -0.05) is 0 Å². The molecule has 4 amide bonds. The van der Waals surface area contributed by atoms with Gasteiger partial charge in [-0.2, -0.15) is 36.9 Å². The first kappa shape index (κ1) is 35.5. The number of rotatable bonds is 2. The molecule has 4 bridgehead atoms. The van der Waals surface area contributed by atoms with Crippen LogP contribution in [-0.2, 0) is 41.0 Å². The third-order valence-corrected chi connectivity index (χ3v) is 10.9. The highest BCUT2D eigenvalue weighted by molar-refractivity contribution is 6.24. The molecule has 4 unspecified atom stereocenters. The first-order valence-electron chi connectivity index (χ1n) is 15.9. The molecule has 2 N–H and O–H groups in total. The Morgan fingerprint density at radius 1 is 0.673 bits per heavy atom. The lowest BCUT2D eigenvalue weighted by molar-refractivity contribution is -0.138. The molecule has 0 radical (unpaired) electrons. The number of aliphatic hydroxyl groups excluding tert-OH is 2. The van der Waals surface area contributed by atoms with Crippen molar-refractivity contribution >= 4 is 35.0 Å². The highest BCUT2D eigenvalue weighted by atomic mass is 19.4. The number of carbonyl (C=O) groups is 4. The van der Waals surface area contributed by atoms with Gasteiger partial charge in [0.25, 0.3) is 0 Å². The molecular formula is C34H26F6N4O8. The fourth-order valence-corrected chi connectivity index (χ4v) is 8.81. The predicted molar refractivity (Wildman–Crippen MR) is 159 cm³/mol. The van der Waals surface area contributed by atoms with Crippen molar-refractivity contribution in [1.29, 1.82) is 10.5 Å². The molecule has 0 aliphatic carbocycles. The van der Waals surface area contributed by atoms with Gasteiger partial charge in [-0.15, -0.1) is 0 Å². The predicted octanol–water partition coefficient (Wildman–Crippen LogP) is 3.21. The number of nitrogens with zero attached hydrogens (tertiary/aromatic N) is 4. The van der Waals surface area contributed by atoms with E-state index >= 15 is 0 Å². The quantitative estimate of drug-likeness (QED) is 0.344. The van der Waals surface area contributed by atoms with Gasteiger partial charge in [-0.05, 0) is 50.2 Å². The zero-order valence-electron chi connectivity index (χ0n) is 26.9. The van der Waals surface area contributed by atoms with E-state index in [1.165, 1.54) is 12.1 Å². The molecule has 6 aliphatic rings. The average Bonchev–Trinajstić information content (AvgIpc) is 3.84. The van der Waals surface area contributed by atoms with E-state index in [1.54, 1.807) is 13.8 Å². The Hall–Kier alpha value is -4.88. The molecule has 6 saturated heterocycles. The van der Waals surface area contributed by atoms with Gasteiger partial charge in [0.2, 0.25) is 23.6 Å². The fraction of sp³-hybridized carbons (Fsp3) is 0.471. The van der Waals surface area contributed by atoms with Crippen LogP contribution in [0.5, 0.6) is 0 Å². The summed E-state index contributed by atoms with van der Waals surface area (Å²) in [7, 11) is 0. The second kappa shape index (κ2) is 11.3. The number of nitriles is 2. The number of hydrogen-bond acceptors (Lipinski definition) is 10. The highest BCUT2D eigenvalue weighted by Crippen LogP contribution is 2.57. The molecule has 8 rings (SSSR count). The Kier molecular flexibility index (Phi) is 7.72. The van der Waals surface area contributed by atoms with Gasteiger partial charge in [0.15, 0.2) is 0 Å². The van der Waals surface area contributed by atoms with E-state index in [0.717, 1.165) is 34.1 Å². The van der Waals surface area contributed by atoms with Crippen LogP contribution in [0.1, 0.15) is 48.9 Å². The summed E-state index contributed by atoms with van der Waals surface area (Å²) in [5.41, 5.74) is -6.11. The number of amides is 4. The number of alkyl halides is 6. The lowest BCUT2D eigenvalue weighted by Gasteiger charge is -2.27. The van der Waals surface area contributed by atoms with E-state index in [2.05, 4.69) is 0 Å². The van der Waals surface area contributed by atoms with Crippen molar-refractivity contribution in [2.75, 3.05) is 9.80 Å². The SMILES string of the molecule is CC12C[C@@H](O)C(O1)[C@H]1C(=O)N(c3ccc(C#N)c(C(F)(F)F)c3)C(=O)[C@H]12.CC12C[C@@H](O)C(O1)[C@H]1C(=O)N(c3ccc(C#N)c(C(F)(F)F)c3)C(=O)[C@H]12. The summed E-state index contributed by atoms with van der Waals surface area (Å²) in [6, 6.07) is 8.35. The van der Waals surface area contributed by atoms with Crippen molar-refractivity contribution in [1.82, 2.24) is 0 Å².